The molecule has 0 atom stereocenters. The van der Waals surface area contributed by atoms with Gasteiger partial charge in [-0.25, -0.2) is 0 Å². The summed E-state index contributed by atoms with van der Waals surface area (Å²) >= 11 is 0. The first-order valence-corrected chi connectivity index (χ1v) is 10.0. The van der Waals surface area contributed by atoms with Gasteiger partial charge in [-0.2, -0.15) is 5.26 Å². The second-order valence-electron chi connectivity index (χ2n) is 7.84. The fourth-order valence-corrected chi connectivity index (χ4v) is 4.53. The van der Waals surface area contributed by atoms with E-state index in [9.17, 15) is 0 Å². The minimum absolute atomic E-state index is 0.842. The summed E-state index contributed by atoms with van der Waals surface area (Å²) in [7, 11) is 0. The molecule has 0 radical (unpaired) electrons. The van der Waals surface area contributed by atoms with Crippen LogP contribution in [0.2, 0.25) is 0 Å². The number of hydrogen-bond acceptors (Lipinski definition) is 1. The quantitative estimate of drug-likeness (QED) is 0.374. The molecule has 0 bridgehead atoms. The van der Waals surface area contributed by atoms with Crippen LogP contribution in [0.3, 0.4) is 0 Å². The van der Waals surface area contributed by atoms with Crippen molar-refractivity contribution in [1.29, 1.82) is 5.26 Å². The Morgan fingerprint density at radius 2 is 1.35 bits per heavy atom. The van der Waals surface area contributed by atoms with Crippen LogP contribution >= 0.6 is 0 Å². The molecule has 2 aliphatic carbocycles. The maximum absolute atomic E-state index is 8.50. The predicted octanol–water partition coefficient (Wildman–Crippen LogP) is 6.82. The van der Waals surface area contributed by atoms with Crippen LogP contribution in [0.1, 0.15) is 84.0 Å². The molecule has 2 rings (SSSR count). The largest absolute Gasteiger partial charge is 0.193 e. The van der Waals surface area contributed by atoms with Crippen molar-refractivity contribution >= 4 is 0 Å². The maximum atomic E-state index is 8.50. The molecule has 0 heterocycles. The Bertz CT molecular complexity index is 398. The Morgan fingerprint density at radius 3 is 1.83 bits per heavy atom. The zero-order chi connectivity index (χ0) is 16.3. The van der Waals surface area contributed by atoms with Crippen molar-refractivity contribution < 1.29 is 0 Å². The van der Waals surface area contributed by atoms with Gasteiger partial charge >= 0.3 is 0 Å². The first kappa shape index (κ1) is 18.3. The lowest BCUT2D eigenvalue weighted by Gasteiger charge is -2.28. The lowest BCUT2D eigenvalue weighted by molar-refractivity contribution is 0.286. The van der Waals surface area contributed by atoms with Gasteiger partial charge in [-0.1, -0.05) is 38.0 Å². The number of nitriles is 1. The Hall–Kier alpha value is -1.03. The molecule has 2 fully saturated rings. The van der Waals surface area contributed by atoms with Gasteiger partial charge in [-0.3, -0.25) is 0 Å². The van der Waals surface area contributed by atoms with E-state index in [4.69, 9.17) is 5.26 Å². The fraction of sp³-hybridized carbons (Fsp3) is 0.773. The molecule has 2 saturated carbocycles. The molecule has 1 nitrogen and oxygen atoms in total. The van der Waals surface area contributed by atoms with E-state index in [-0.39, 0.29) is 0 Å². The first-order chi connectivity index (χ1) is 11.3. The molecule has 0 unspecified atom stereocenters. The van der Waals surface area contributed by atoms with Gasteiger partial charge in [-0.15, -0.1) is 0 Å². The van der Waals surface area contributed by atoms with E-state index < -0.39 is 0 Å². The fourth-order valence-electron chi connectivity index (χ4n) is 4.53. The van der Waals surface area contributed by atoms with Gasteiger partial charge in [0.15, 0.2) is 0 Å². The molecule has 23 heavy (non-hydrogen) atoms. The molecule has 128 valence electrons. The van der Waals surface area contributed by atoms with Gasteiger partial charge < -0.3 is 0 Å². The van der Waals surface area contributed by atoms with Crippen molar-refractivity contribution in [3.05, 3.63) is 24.3 Å². The third-order valence-electron chi connectivity index (χ3n) is 6.07. The van der Waals surface area contributed by atoms with E-state index in [2.05, 4.69) is 25.1 Å². The molecule has 0 amide bonds. The number of hydrogen-bond donors (Lipinski definition) is 0. The molecule has 0 aromatic rings. The zero-order valence-electron chi connectivity index (χ0n) is 15.1. The summed E-state index contributed by atoms with van der Waals surface area (Å²) in [6.07, 6.45) is 25.3. The Balaban J connectivity index is 1.61. The van der Waals surface area contributed by atoms with Crippen molar-refractivity contribution in [2.75, 3.05) is 0 Å². The molecular formula is C22H35N. The summed E-state index contributed by atoms with van der Waals surface area (Å²) in [5.41, 5.74) is 0. The number of nitrogens with zero attached hydrogens (tertiary/aromatic N) is 1. The van der Waals surface area contributed by atoms with Crippen molar-refractivity contribution in [3.63, 3.8) is 0 Å². The van der Waals surface area contributed by atoms with Gasteiger partial charge in [0.05, 0.1) is 6.07 Å². The monoisotopic (exact) mass is 313 g/mol. The first-order valence-electron chi connectivity index (χ1n) is 10.0. The zero-order valence-corrected chi connectivity index (χ0v) is 15.1. The molecule has 0 N–H and O–H groups in total. The lowest BCUT2D eigenvalue weighted by atomic mass is 9.77. The smallest absolute Gasteiger partial charge is 0.0908 e. The molecular weight excluding hydrogens is 278 g/mol. The summed E-state index contributed by atoms with van der Waals surface area (Å²) in [6.45, 7) is 2.32. The molecule has 0 aromatic heterocycles. The molecule has 0 spiro atoms. The third kappa shape index (κ3) is 6.94. The summed E-state index contributed by atoms with van der Waals surface area (Å²) in [5, 5.41) is 8.50. The second kappa shape index (κ2) is 10.7. The molecule has 0 aromatic carbocycles. The Kier molecular flexibility index (Phi) is 8.51. The van der Waals surface area contributed by atoms with Crippen LogP contribution < -0.4 is 0 Å². The highest BCUT2D eigenvalue weighted by Crippen LogP contribution is 2.35. The summed E-state index contributed by atoms with van der Waals surface area (Å²) in [6, 6.07) is 2.08. The van der Waals surface area contributed by atoms with Gasteiger partial charge in [0, 0.05) is 6.08 Å². The van der Waals surface area contributed by atoms with Crippen LogP contribution in [0.15, 0.2) is 24.3 Å². The van der Waals surface area contributed by atoms with Gasteiger partial charge in [0.25, 0.3) is 0 Å². The van der Waals surface area contributed by atoms with Crippen LogP contribution in [-0.2, 0) is 0 Å². The highest BCUT2D eigenvalue weighted by molar-refractivity contribution is 5.01. The predicted molar refractivity (Wildman–Crippen MR) is 98.9 cm³/mol. The third-order valence-corrected chi connectivity index (χ3v) is 6.07. The average Bonchev–Trinajstić information content (AvgIpc) is 2.59. The van der Waals surface area contributed by atoms with Crippen LogP contribution in [0.4, 0.5) is 0 Å². The second-order valence-corrected chi connectivity index (χ2v) is 7.84. The van der Waals surface area contributed by atoms with Gasteiger partial charge in [0.2, 0.25) is 0 Å². The number of allylic oxidation sites excluding steroid dienone is 4. The normalized spacial score (nSPS) is 32.3. The van der Waals surface area contributed by atoms with Crippen molar-refractivity contribution in [3.8, 4) is 6.07 Å². The van der Waals surface area contributed by atoms with Crippen molar-refractivity contribution in [1.82, 2.24) is 0 Å². The van der Waals surface area contributed by atoms with E-state index in [1.54, 1.807) is 6.08 Å². The standard InChI is InChI=1S/C22H35N/c1-2-6-19-8-12-21(13-9-19)16-17-22-14-10-20(11-15-22)7-4-3-5-18-23/h3,5,16-17,19-22H,2,4,6-15H2,1H3. The van der Waals surface area contributed by atoms with Crippen LogP contribution in [-0.4, -0.2) is 0 Å². The molecule has 1 heteroatoms. The maximum Gasteiger partial charge on any atom is 0.0908 e. The topological polar surface area (TPSA) is 23.8 Å². The van der Waals surface area contributed by atoms with E-state index in [1.807, 2.05) is 6.08 Å². The lowest BCUT2D eigenvalue weighted by Crippen LogP contribution is -2.15. The molecule has 0 aliphatic heterocycles. The molecule has 2 aliphatic rings. The summed E-state index contributed by atoms with van der Waals surface area (Å²) in [5.74, 6) is 3.63. The van der Waals surface area contributed by atoms with Crippen LogP contribution in [0.25, 0.3) is 0 Å². The molecule has 0 saturated heterocycles. The van der Waals surface area contributed by atoms with E-state index in [0.29, 0.717) is 0 Å². The van der Waals surface area contributed by atoms with Gasteiger partial charge in [0.1, 0.15) is 0 Å². The van der Waals surface area contributed by atoms with E-state index in [1.165, 1.54) is 70.6 Å². The minimum atomic E-state index is 0.842. The summed E-state index contributed by atoms with van der Waals surface area (Å²) < 4.78 is 0. The minimum Gasteiger partial charge on any atom is -0.193 e. The Morgan fingerprint density at radius 1 is 0.826 bits per heavy atom. The van der Waals surface area contributed by atoms with E-state index >= 15 is 0 Å². The van der Waals surface area contributed by atoms with Crippen LogP contribution in [0.5, 0.6) is 0 Å². The van der Waals surface area contributed by atoms with E-state index in [0.717, 1.165) is 30.1 Å². The Labute approximate surface area is 143 Å². The van der Waals surface area contributed by atoms with Crippen molar-refractivity contribution in [2.24, 2.45) is 23.7 Å². The van der Waals surface area contributed by atoms with Crippen LogP contribution in [0, 0.1) is 35.0 Å². The highest BCUT2D eigenvalue weighted by atomic mass is 14.3. The van der Waals surface area contributed by atoms with Crippen molar-refractivity contribution in [2.45, 2.75) is 84.0 Å². The average molecular weight is 314 g/mol. The SMILES string of the molecule is CCCC1CCC(C=CC2CCC(CCC=CC#N)CC2)CC1. The number of rotatable bonds is 7. The highest BCUT2D eigenvalue weighted by Gasteiger charge is 2.21. The summed E-state index contributed by atoms with van der Waals surface area (Å²) in [4.78, 5) is 0. The van der Waals surface area contributed by atoms with Gasteiger partial charge in [-0.05, 0) is 87.9 Å².